The Labute approximate surface area is 204 Å². The first kappa shape index (κ1) is 23.1. The molecular formula is C29H23ClO4. The first-order valence-electron chi connectivity index (χ1n) is 10.8. The van der Waals surface area contributed by atoms with Crippen LogP contribution in [0.5, 0.6) is 17.2 Å². The second-order valence-electron chi connectivity index (χ2n) is 7.45. The van der Waals surface area contributed by atoms with Crippen LogP contribution < -0.4 is 9.47 Å². The van der Waals surface area contributed by atoms with Crippen molar-refractivity contribution in [3.8, 4) is 17.2 Å². The van der Waals surface area contributed by atoms with E-state index in [4.69, 9.17) is 25.8 Å². The number of hydrogen-bond acceptors (Lipinski definition) is 4. The van der Waals surface area contributed by atoms with Gasteiger partial charge in [-0.15, -0.1) is 0 Å². The quantitative estimate of drug-likeness (QED) is 0.188. The molecule has 0 amide bonds. The maximum absolute atomic E-state index is 12.1. The van der Waals surface area contributed by atoms with Crippen molar-refractivity contribution in [2.75, 3.05) is 0 Å². The Morgan fingerprint density at radius 1 is 0.735 bits per heavy atom. The number of para-hydroxylation sites is 1. The summed E-state index contributed by atoms with van der Waals surface area (Å²) >= 11 is 6.15. The molecule has 0 saturated heterocycles. The normalized spacial score (nSPS) is 10.7. The van der Waals surface area contributed by atoms with Gasteiger partial charge in [0.05, 0.1) is 0 Å². The van der Waals surface area contributed by atoms with Gasteiger partial charge >= 0.3 is 5.97 Å². The highest BCUT2D eigenvalue weighted by Crippen LogP contribution is 2.22. The van der Waals surface area contributed by atoms with Gasteiger partial charge in [0.1, 0.15) is 30.5 Å². The summed E-state index contributed by atoms with van der Waals surface area (Å²) in [5.41, 5.74) is 2.63. The Balaban J connectivity index is 1.25. The molecule has 0 aliphatic heterocycles. The van der Waals surface area contributed by atoms with E-state index in [0.717, 1.165) is 28.2 Å². The lowest BCUT2D eigenvalue weighted by molar-refractivity contribution is -0.138. The molecule has 0 heterocycles. The van der Waals surface area contributed by atoms with Crippen molar-refractivity contribution in [2.45, 2.75) is 13.2 Å². The number of ether oxygens (including phenoxy) is 3. The number of rotatable bonds is 9. The van der Waals surface area contributed by atoms with Gasteiger partial charge in [-0.3, -0.25) is 0 Å². The molecule has 0 fully saturated rings. The molecule has 0 unspecified atom stereocenters. The van der Waals surface area contributed by atoms with Crippen LogP contribution in [0.3, 0.4) is 0 Å². The standard InChI is InChI=1S/C29H23ClO4/c30-28-12-5-4-8-24(28)21-32-25-16-13-22(14-17-25)15-18-29(31)33-20-23-7-6-11-27(19-23)34-26-9-2-1-3-10-26/h1-19H,20-21H2/b18-15+. The SMILES string of the molecule is O=C(/C=C/c1ccc(OCc2ccccc2Cl)cc1)OCc1cccc(Oc2ccccc2)c1. The molecule has 170 valence electrons. The highest BCUT2D eigenvalue weighted by molar-refractivity contribution is 6.31. The monoisotopic (exact) mass is 470 g/mol. The Hall–Kier alpha value is -4.02. The highest BCUT2D eigenvalue weighted by Gasteiger charge is 2.03. The maximum Gasteiger partial charge on any atom is 0.331 e. The van der Waals surface area contributed by atoms with E-state index in [0.29, 0.717) is 17.4 Å². The van der Waals surface area contributed by atoms with E-state index in [-0.39, 0.29) is 6.61 Å². The summed E-state index contributed by atoms with van der Waals surface area (Å²) in [6, 6.07) is 32.0. The van der Waals surface area contributed by atoms with Gasteiger partial charge in [0.25, 0.3) is 0 Å². The lowest BCUT2D eigenvalue weighted by Crippen LogP contribution is -2.00. The lowest BCUT2D eigenvalue weighted by Gasteiger charge is -2.08. The van der Waals surface area contributed by atoms with Gasteiger partial charge in [0.15, 0.2) is 0 Å². The van der Waals surface area contributed by atoms with E-state index in [1.807, 2.05) is 103 Å². The second-order valence-corrected chi connectivity index (χ2v) is 7.86. The third-order valence-electron chi connectivity index (χ3n) is 4.90. The fourth-order valence-corrected chi connectivity index (χ4v) is 3.33. The van der Waals surface area contributed by atoms with Gasteiger partial charge in [-0.25, -0.2) is 4.79 Å². The minimum Gasteiger partial charge on any atom is -0.489 e. The Bertz CT molecular complexity index is 1250. The minimum atomic E-state index is -0.423. The Kier molecular flexibility index (Phi) is 7.99. The van der Waals surface area contributed by atoms with E-state index in [9.17, 15) is 4.79 Å². The first-order valence-corrected chi connectivity index (χ1v) is 11.2. The van der Waals surface area contributed by atoms with Crippen LogP contribution in [-0.4, -0.2) is 5.97 Å². The summed E-state index contributed by atoms with van der Waals surface area (Å²) in [6.45, 7) is 0.544. The summed E-state index contributed by atoms with van der Waals surface area (Å²) in [5, 5.41) is 0.677. The molecule has 0 radical (unpaired) electrons. The van der Waals surface area contributed by atoms with E-state index in [1.165, 1.54) is 6.08 Å². The average molecular weight is 471 g/mol. The van der Waals surface area contributed by atoms with E-state index in [1.54, 1.807) is 6.08 Å². The molecule has 0 bridgehead atoms. The van der Waals surface area contributed by atoms with Gasteiger partial charge in [-0.2, -0.15) is 0 Å². The number of carbonyl (C=O) groups is 1. The van der Waals surface area contributed by atoms with Crippen LogP contribution in [-0.2, 0) is 22.7 Å². The number of benzene rings is 4. The van der Waals surface area contributed by atoms with Gasteiger partial charge in [-0.05, 0) is 59.7 Å². The van der Waals surface area contributed by atoms with Crippen LogP contribution in [0.4, 0.5) is 0 Å². The van der Waals surface area contributed by atoms with Crippen molar-refractivity contribution < 1.29 is 19.0 Å². The van der Waals surface area contributed by atoms with E-state index < -0.39 is 5.97 Å². The largest absolute Gasteiger partial charge is 0.489 e. The molecule has 0 saturated carbocycles. The Morgan fingerprint density at radius 3 is 2.26 bits per heavy atom. The molecule has 0 atom stereocenters. The molecule has 4 rings (SSSR count). The van der Waals surface area contributed by atoms with Gasteiger partial charge in [0.2, 0.25) is 0 Å². The van der Waals surface area contributed by atoms with Crippen molar-refractivity contribution in [1.29, 1.82) is 0 Å². The molecule has 34 heavy (non-hydrogen) atoms. The van der Waals surface area contributed by atoms with Crippen molar-refractivity contribution >= 4 is 23.6 Å². The van der Waals surface area contributed by atoms with Crippen molar-refractivity contribution in [3.05, 3.63) is 131 Å². The average Bonchev–Trinajstić information content (AvgIpc) is 2.87. The predicted molar refractivity (Wildman–Crippen MR) is 134 cm³/mol. The molecule has 4 nitrogen and oxygen atoms in total. The van der Waals surface area contributed by atoms with Gasteiger partial charge < -0.3 is 14.2 Å². The summed E-state index contributed by atoms with van der Waals surface area (Å²) in [7, 11) is 0. The predicted octanol–water partition coefficient (Wildman–Crippen LogP) is 7.47. The molecule has 0 aliphatic carbocycles. The van der Waals surface area contributed by atoms with Crippen LogP contribution in [0.25, 0.3) is 6.08 Å². The fourth-order valence-electron chi connectivity index (χ4n) is 3.14. The minimum absolute atomic E-state index is 0.157. The zero-order valence-corrected chi connectivity index (χ0v) is 19.2. The highest BCUT2D eigenvalue weighted by atomic mass is 35.5. The zero-order valence-electron chi connectivity index (χ0n) is 18.4. The van der Waals surface area contributed by atoms with Crippen molar-refractivity contribution in [3.63, 3.8) is 0 Å². The van der Waals surface area contributed by atoms with Crippen LogP contribution in [0.1, 0.15) is 16.7 Å². The second kappa shape index (κ2) is 11.7. The third kappa shape index (κ3) is 6.99. The Morgan fingerprint density at radius 2 is 1.47 bits per heavy atom. The van der Waals surface area contributed by atoms with Crippen LogP contribution in [0.2, 0.25) is 5.02 Å². The summed E-state index contributed by atoms with van der Waals surface area (Å²) in [5.74, 6) is 1.73. The van der Waals surface area contributed by atoms with Crippen LogP contribution >= 0.6 is 11.6 Å². The molecule has 0 spiro atoms. The summed E-state index contributed by atoms with van der Waals surface area (Å²) < 4.78 is 17.0. The maximum atomic E-state index is 12.1. The molecule has 0 aliphatic rings. The third-order valence-corrected chi connectivity index (χ3v) is 5.27. The molecular weight excluding hydrogens is 448 g/mol. The van der Waals surface area contributed by atoms with E-state index >= 15 is 0 Å². The summed E-state index contributed by atoms with van der Waals surface area (Å²) in [6.07, 6.45) is 3.11. The molecule has 0 N–H and O–H groups in total. The number of halogens is 1. The first-order chi connectivity index (χ1) is 16.7. The molecule has 4 aromatic rings. The summed E-state index contributed by atoms with van der Waals surface area (Å²) in [4.78, 5) is 12.1. The zero-order chi connectivity index (χ0) is 23.6. The lowest BCUT2D eigenvalue weighted by atomic mass is 10.2. The topological polar surface area (TPSA) is 44.8 Å². The van der Waals surface area contributed by atoms with Gasteiger partial charge in [-0.1, -0.05) is 72.3 Å². The van der Waals surface area contributed by atoms with Crippen LogP contribution in [0.15, 0.2) is 109 Å². The fraction of sp³-hybridized carbons (Fsp3) is 0.0690. The van der Waals surface area contributed by atoms with Crippen molar-refractivity contribution in [1.82, 2.24) is 0 Å². The van der Waals surface area contributed by atoms with E-state index in [2.05, 4.69) is 0 Å². The van der Waals surface area contributed by atoms with Crippen LogP contribution in [0, 0.1) is 0 Å². The smallest absolute Gasteiger partial charge is 0.331 e. The number of carbonyl (C=O) groups excluding carboxylic acids is 1. The molecule has 4 aromatic carbocycles. The van der Waals surface area contributed by atoms with Gasteiger partial charge in [0, 0.05) is 16.7 Å². The number of esters is 1. The number of hydrogen-bond donors (Lipinski definition) is 0. The molecule has 0 aromatic heterocycles. The van der Waals surface area contributed by atoms with Crippen molar-refractivity contribution in [2.24, 2.45) is 0 Å². The molecule has 5 heteroatoms.